The molecule has 0 N–H and O–H groups in total. The number of hydrogen-bond donors (Lipinski definition) is 0. The molecule has 0 atom stereocenters. The average molecular weight is 277 g/mol. The van der Waals surface area contributed by atoms with Crippen LogP contribution in [0.1, 0.15) is 12.2 Å². The lowest BCUT2D eigenvalue weighted by atomic mass is 10.4. The van der Waals surface area contributed by atoms with Crippen molar-refractivity contribution >= 4 is 22.8 Å². The zero-order valence-electron chi connectivity index (χ0n) is 10.3. The molecule has 0 radical (unpaired) electrons. The van der Waals surface area contributed by atoms with Gasteiger partial charge in [0.2, 0.25) is 0 Å². The number of halogens is 1. The van der Waals surface area contributed by atoms with Crippen LogP contribution < -0.4 is 0 Å². The van der Waals surface area contributed by atoms with Gasteiger partial charge in [-0.15, -0.1) is 16.7 Å². The van der Waals surface area contributed by atoms with Crippen LogP contribution in [0.2, 0.25) is 0 Å². The summed E-state index contributed by atoms with van der Waals surface area (Å²) in [6, 6.07) is 3.83. The molecule has 3 aromatic heterocycles. The maximum Gasteiger partial charge on any atom is 0.160 e. The molecule has 0 unspecified atom stereocenters. The fourth-order valence-corrected chi connectivity index (χ4v) is 2.29. The van der Waals surface area contributed by atoms with Gasteiger partial charge < -0.3 is 4.57 Å². The molecular formula is C12H13ClN6. The van der Waals surface area contributed by atoms with Gasteiger partial charge in [-0.3, -0.25) is 4.68 Å². The predicted octanol–water partition coefficient (Wildman–Crippen LogP) is 1.85. The molecule has 0 aliphatic carbocycles. The van der Waals surface area contributed by atoms with Gasteiger partial charge in [-0.1, -0.05) is 5.21 Å². The zero-order valence-corrected chi connectivity index (χ0v) is 11.0. The second-order valence-electron chi connectivity index (χ2n) is 4.18. The van der Waals surface area contributed by atoms with Gasteiger partial charge >= 0.3 is 0 Å². The normalized spacial score (nSPS) is 11.2. The number of aromatic nitrogens is 6. The maximum atomic E-state index is 5.94. The monoisotopic (exact) mass is 276 g/mol. The van der Waals surface area contributed by atoms with Crippen LogP contribution >= 0.6 is 11.6 Å². The lowest BCUT2D eigenvalue weighted by Crippen LogP contribution is -2.07. The topological polar surface area (TPSA) is 61.4 Å². The maximum absolute atomic E-state index is 5.94. The highest BCUT2D eigenvalue weighted by atomic mass is 35.5. The fraction of sp³-hybridized carbons (Fsp3) is 0.333. The smallest absolute Gasteiger partial charge is 0.160 e. The third-order valence-electron chi connectivity index (χ3n) is 2.94. The van der Waals surface area contributed by atoms with Crippen molar-refractivity contribution in [1.82, 2.24) is 29.5 Å². The minimum Gasteiger partial charge on any atom is -0.312 e. The Morgan fingerprint density at radius 1 is 1.21 bits per heavy atom. The quantitative estimate of drug-likeness (QED) is 0.667. The third kappa shape index (κ3) is 2.44. The van der Waals surface area contributed by atoms with E-state index in [-0.39, 0.29) is 0 Å². The van der Waals surface area contributed by atoms with E-state index >= 15 is 0 Å². The molecule has 0 saturated heterocycles. The van der Waals surface area contributed by atoms with Crippen LogP contribution in [0, 0.1) is 0 Å². The summed E-state index contributed by atoms with van der Waals surface area (Å²) >= 11 is 5.94. The average Bonchev–Trinajstić information content (AvgIpc) is 3.06. The molecule has 98 valence electrons. The second kappa shape index (κ2) is 5.36. The van der Waals surface area contributed by atoms with Crippen molar-refractivity contribution in [2.75, 3.05) is 0 Å². The highest BCUT2D eigenvalue weighted by Crippen LogP contribution is 2.15. The van der Waals surface area contributed by atoms with Gasteiger partial charge in [0, 0.05) is 25.5 Å². The molecule has 3 rings (SSSR count). The van der Waals surface area contributed by atoms with Gasteiger partial charge in [-0.2, -0.15) is 0 Å². The van der Waals surface area contributed by atoms with Gasteiger partial charge in [-0.05, 0) is 18.6 Å². The summed E-state index contributed by atoms with van der Waals surface area (Å²) in [4.78, 5) is 8.85. The van der Waals surface area contributed by atoms with E-state index in [1.165, 1.54) is 0 Å². The number of nitrogens with zero attached hydrogens (tertiary/aromatic N) is 6. The molecule has 0 aliphatic heterocycles. The Morgan fingerprint density at radius 2 is 2.16 bits per heavy atom. The molecule has 0 saturated carbocycles. The molecule has 0 aliphatic rings. The summed E-state index contributed by atoms with van der Waals surface area (Å²) in [6.45, 7) is 1.63. The highest BCUT2D eigenvalue weighted by molar-refractivity contribution is 6.16. The van der Waals surface area contributed by atoms with Crippen LogP contribution in [0.15, 0.2) is 30.7 Å². The standard InChI is InChI=1S/C12H13ClN6/c13-9-11-16-10-3-1-4-14-12(10)19(11)7-2-6-18-8-5-15-17-18/h1,3-5,8H,2,6-7,9H2. The molecule has 19 heavy (non-hydrogen) atoms. The van der Waals surface area contributed by atoms with Gasteiger partial charge in [0.1, 0.15) is 11.3 Å². The first-order valence-electron chi connectivity index (χ1n) is 6.08. The Bertz CT molecular complexity index is 660. The third-order valence-corrected chi connectivity index (χ3v) is 3.18. The minimum absolute atomic E-state index is 0.389. The summed E-state index contributed by atoms with van der Waals surface area (Å²) in [5.41, 5.74) is 1.77. The van der Waals surface area contributed by atoms with Gasteiger partial charge in [0.25, 0.3) is 0 Å². The van der Waals surface area contributed by atoms with Gasteiger partial charge in [-0.25, -0.2) is 9.97 Å². The molecule has 0 aromatic carbocycles. The molecule has 0 bridgehead atoms. The fourth-order valence-electron chi connectivity index (χ4n) is 2.09. The molecule has 3 aromatic rings. The summed E-state index contributed by atoms with van der Waals surface area (Å²) < 4.78 is 3.88. The molecule has 0 amide bonds. The first-order chi connectivity index (χ1) is 9.38. The van der Waals surface area contributed by atoms with Crippen molar-refractivity contribution in [3.63, 3.8) is 0 Å². The summed E-state index contributed by atoms with van der Waals surface area (Å²) in [6.07, 6.45) is 6.23. The van der Waals surface area contributed by atoms with Crippen molar-refractivity contribution in [1.29, 1.82) is 0 Å². The molecule has 7 heteroatoms. The van der Waals surface area contributed by atoms with Crippen molar-refractivity contribution in [3.05, 3.63) is 36.5 Å². The van der Waals surface area contributed by atoms with E-state index in [9.17, 15) is 0 Å². The van der Waals surface area contributed by atoms with Crippen molar-refractivity contribution in [2.45, 2.75) is 25.4 Å². The Morgan fingerprint density at radius 3 is 2.95 bits per heavy atom. The first-order valence-corrected chi connectivity index (χ1v) is 6.62. The molecule has 6 nitrogen and oxygen atoms in total. The first kappa shape index (κ1) is 12.1. The Hall–Kier alpha value is -1.95. The Labute approximate surface area is 115 Å². The van der Waals surface area contributed by atoms with Crippen molar-refractivity contribution in [3.8, 4) is 0 Å². The Kier molecular flexibility index (Phi) is 3.41. The lowest BCUT2D eigenvalue weighted by Gasteiger charge is -2.06. The summed E-state index contributed by atoms with van der Waals surface area (Å²) in [5, 5.41) is 7.72. The van der Waals surface area contributed by atoms with E-state index in [0.29, 0.717) is 5.88 Å². The Balaban J connectivity index is 1.79. The van der Waals surface area contributed by atoms with E-state index in [1.54, 1.807) is 12.4 Å². The van der Waals surface area contributed by atoms with Gasteiger partial charge in [0.15, 0.2) is 5.65 Å². The molecular weight excluding hydrogens is 264 g/mol. The van der Waals surface area contributed by atoms with E-state index in [2.05, 4.69) is 24.8 Å². The summed E-state index contributed by atoms with van der Waals surface area (Å²) in [5.74, 6) is 1.24. The number of fused-ring (bicyclic) bond motifs is 1. The number of aryl methyl sites for hydroxylation is 2. The van der Waals surface area contributed by atoms with Crippen LogP contribution in [0.5, 0.6) is 0 Å². The van der Waals surface area contributed by atoms with E-state index in [1.807, 2.05) is 23.0 Å². The van der Waals surface area contributed by atoms with Crippen molar-refractivity contribution < 1.29 is 0 Å². The van der Waals surface area contributed by atoms with E-state index in [4.69, 9.17) is 11.6 Å². The van der Waals surface area contributed by atoms with Crippen LogP contribution in [0.4, 0.5) is 0 Å². The van der Waals surface area contributed by atoms with Crippen LogP contribution in [0.25, 0.3) is 11.2 Å². The minimum atomic E-state index is 0.389. The zero-order chi connectivity index (χ0) is 13.1. The number of alkyl halides is 1. The van der Waals surface area contributed by atoms with Crippen LogP contribution in [-0.2, 0) is 19.0 Å². The number of rotatable bonds is 5. The molecule has 0 spiro atoms. The molecule has 0 fully saturated rings. The lowest BCUT2D eigenvalue weighted by molar-refractivity contribution is 0.513. The second-order valence-corrected chi connectivity index (χ2v) is 4.45. The van der Waals surface area contributed by atoms with Gasteiger partial charge in [0.05, 0.1) is 12.1 Å². The molecule has 3 heterocycles. The highest BCUT2D eigenvalue weighted by Gasteiger charge is 2.10. The number of pyridine rings is 1. The number of imidazole rings is 1. The van der Waals surface area contributed by atoms with E-state index in [0.717, 1.165) is 36.5 Å². The SMILES string of the molecule is ClCc1nc2cccnc2n1CCCn1ccnn1. The van der Waals surface area contributed by atoms with Crippen LogP contribution in [-0.4, -0.2) is 29.5 Å². The largest absolute Gasteiger partial charge is 0.312 e. The van der Waals surface area contributed by atoms with Crippen LogP contribution in [0.3, 0.4) is 0 Å². The van der Waals surface area contributed by atoms with Crippen molar-refractivity contribution in [2.24, 2.45) is 0 Å². The van der Waals surface area contributed by atoms with E-state index < -0.39 is 0 Å². The number of hydrogen-bond acceptors (Lipinski definition) is 4. The summed E-state index contributed by atoms with van der Waals surface area (Å²) in [7, 11) is 0. The predicted molar refractivity (Wildman–Crippen MR) is 71.7 cm³/mol.